The number of carbonyl (C=O) groups is 2. The minimum atomic E-state index is -0.551. The number of furan rings is 1. The summed E-state index contributed by atoms with van der Waals surface area (Å²) in [5.74, 6) is 0.00466. The fraction of sp³-hybridized carbons (Fsp3) is 0.0556. The summed E-state index contributed by atoms with van der Waals surface area (Å²) in [4.78, 5) is 26.2. The molecule has 1 aliphatic rings. The van der Waals surface area contributed by atoms with Crippen LogP contribution in [0.2, 0.25) is 0 Å². The third kappa shape index (κ3) is 3.36. The van der Waals surface area contributed by atoms with E-state index >= 15 is 0 Å². The molecule has 126 valence electrons. The highest BCUT2D eigenvalue weighted by atomic mass is 32.1. The van der Waals surface area contributed by atoms with E-state index in [1.165, 1.54) is 24.3 Å². The lowest BCUT2D eigenvalue weighted by molar-refractivity contribution is -0.122. The Bertz CT molecular complexity index is 884. The van der Waals surface area contributed by atoms with E-state index in [4.69, 9.17) is 21.4 Å². The molecule has 1 fully saturated rings. The normalized spacial score (nSPS) is 16.6. The first-order valence-electron chi connectivity index (χ1n) is 7.36. The Morgan fingerprint density at radius 3 is 2.72 bits per heavy atom. The van der Waals surface area contributed by atoms with Crippen LogP contribution in [0.15, 0.2) is 64.8 Å². The standard InChI is InChI=1S/C18H14N2O4S/c1-23-15-10-3-2-9-14(15)20-17(22)13(16(21)19-18(20)25)8-4-6-12-7-5-11-24-12/h2-11H,1H3,(H,19,21,25)/b6-4?,13-8+. The fourth-order valence-electron chi connectivity index (χ4n) is 2.34. The Hall–Kier alpha value is -3.19. The quantitative estimate of drug-likeness (QED) is 0.519. The van der Waals surface area contributed by atoms with Crippen molar-refractivity contribution in [2.75, 3.05) is 12.0 Å². The SMILES string of the molecule is COc1ccccc1N1C(=O)/C(=C/C=Cc2ccco2)C(=O)NC1=S. The molecule has 0 bridgehead atoms. The maximum Gasteiger partial charge on any atom is 0.270 e. The molecular weight excluding hydrogens is 340 g/mol. The average molecular weight is 354 g/mol. The van der Waals surface area contributed by atoms with Crippen LogP contribution in [0.25, 0.3) is 6.08 Å². The van der Waals surface area contributed by atoms with E-state index < -0.39 is 11.8 Å². The van der Waals surface area contributed by atoms with Crippen molar-refractivity contribution in [3.63, 3.8) is 0 Å². The summed E-state index contributed by atoms with van der Waals surface area (Å²) in [6, 6.07) is 10.4. The zero-order valence-electron chi connectivity index (χ0n) is 13.3. The number of nitrogens with zero attached hydrogens (tertiary/aromatic N) is 1. The third-order valence-corrected chi connectivity index (χ3v) is 3.78. The number of carbonyl (C=O) groups excluding carboxylic acids is 2. The number of nitrogens with one attached hydrogen (secondary N) is 1. The molecule has 0 atom stereocenters. The topological polar surface area (TPSA) is 71.8 Å². The molecule has 2 aromatic rings. The molecule has 6 nitrogen and oxygen atoms in total. The second-order valence-electron chi connectivity index (χ2n) is 5.03. The number of allylic oxidation sites excluding steroid dienone is 2. The van der Waals surface area contributed by atoms with Crippen LogP contribution in [0.5, 0.6) is 5.75 Å². The summed E-state index contributed by atoms with van der Waals surface area (Å²) < 4.78 is 10.4. The Morgan fingerprint density at radius 2 is 2.00 bits per heavy atom. The summed E-state index contributed by atoms with van der Waals surface area (Å²) in [5, 5.41) is 2.53. The van der Waals surface area contributed by atoms with Gasteiger partial charge in [-0.2, -0.15) is 0 Å². The number of methoxy groups -OCH3 is 1. The van der Waals surface area contributed by atoms with Gasteiger partial charge < -0.3 is 9.15 Å². The molecule has 1 saturated heterocycles. The molecule has 0 aliphatic carbocycles. The Morgan fingerprint density at radius 1 is 1.20 bits per heavy atom. The summed E-state index contributed by atoms with van der Waals surface area (Å²) in [5.41, 5.74) is 0.420. The van der Waals surface area contributed by atoms with Crippen LogP contribution in [0.1, 0.15) is 5.76 Å². The van der Waals surface area contributed by atoms with Gasteiger partial charge in [-0.3, -0.25) is 14.9 Å². The van der Waals surface area contributed by atoms with Gasteiger partial charge in [0.25, 0.3) is 11.8 Å². The molecule has 2 amide bonds. The number of thiocarbonyl (C=S) groups is 1. The van der Waals surface area contributed by atoms with Crippen molar-refractivity contribution in [2.24, 2.45) is 0 Å². The summed E-state index contributed by atoms with van der Waals surface area (Å²) >= 11 is 5.16. The minimum absolute atomic E-state index is 0.00617. The van der Waals surface area contributed by atoms with Crippen LogP contribution in [0.3, 0.4) is 0 Å². The molecule has 1 aliphatic heterocycles. The van der Waals surface area contributed by atoms with E-state index in [0.717, 1.165) is 0 Å². The lowest BCUT2D eigenvalue weighted by atomic mass is 10.1. The molecule has 3 rings (SSSR count). The monoisotopic (exact) mass is 354 g/mol. The predicted octanol–water partition coefficient (Wildman–Crippen LogP) is 2.68. The highest BCUT2D eigenvalue weighted by molar-refractivity contribution is 7.80. The lowest BCUT2D eigenvalue weighted by Crippen LogP contribution is -2.54. The lowest BCUT2D eigenvalue weighted by Gasteiger charge is -2.29. The zero-order chi connectivity index (χ0) is 17.8. The van der Waals surface area contributed by atoms with Gasteiger partial charge in [-0.25, -0.2) is 4.90 Å². The number of amides is 2. The fourth-order valence-corrected chi connectivity index (χ4v) is 2.61. The van der Waals surface area contributed by atoms with Crippen LogP contribution < -0.4 is 15.0 Å². The first kappa shape index (κ1) is 16.7. The molecule has 1 aromatic carbocycles. The predicted molar refractivity (Wildman–Crippen MR) is 97.0 cm³/mol. The highest BCUT2D eigenvalue weighted by Crippen LogP contribution is 2.30. The number of hydrogen-bond donors (Lipinski definition) is 1. The van der Waals surface area contributed by atoms with Gasteiger partial charge in [-0.1, -0.05) is 18.2 Å². The molecule has 0 spiro atoms. The smallest absolute Gasteiger partial charge is 0.270 e. The van der Waals surface area contributed by atoms with Crippen molar-refractivity contribution in [3.05, 3.63) is 66.1 Å². The average Bonchev–Trinajstić information content (AvgIpc) is 3.11. The first-order valence-corrected chi connectivity index (χ1v) is 7.77. The molecule has 0 saturated carbocycles. The van der Waals surface area contributed by atoms with Crippen LogP contribution >= 0.6 is 12.2 Å². The number of benzene rings is 1. The van der Waals surface area contributed by atoms with E-state index in [9.17, 15) is 9.59 Å². The highest BCUT2D eigenvalue weighted by Gasteiger charge is 2.35. The number of ether oxygens (including phenoxy) is 1. The van der Waals surface area contributed by atoms with E-state index in [-0.39, 0.29) is 10.7 Å². The molecular formula is C18H14N2O4S. The van der Waals surface area contributed by atoms with Crippen molar-refractivity contribution in [2.45, 2.75) is 0 Å². The van der Waals surface area contributed by atoms with Crippen molar-refractivity contribution in [3.8, 4) is 5.75 Å². The number of rotatable bonds is 4. The van der Waals surface area contributed by atoms with Crippen LogP contribution in [0.4, 0.5) is 5.69 Å². The first-order chi connectivity index (χ1) is 12.1. The van der Waals surface area contributed by atoms with Crippen molar-refractivity contribution >= 4 is 40.9 Å². The van der Waals surface area contributed by atoms with E-state index in [1.54, 1.807) is 48.6 Å². The summed E-state index contributed by atoms with van der Waals surface area (Å²) in [7, 11) is 1.50. The molecule has 25 heavy (non-hydrogen) atoms. The minimum Gasteiger partial charge on any atom is -0.495 e. The van der Waals surface area contributed by atoms with Crippen molar-refractivity contribution in [1.82, 2.24) is 5.32 Å². The maximum absolute atomic E-state index is 12.8. The molecule has 0 radical (unpaired) electrons. The zero-order valence-corrected chi connectivity index (χ0v) is 14.1. The molecule has 1 N–H and O–H groups in total. The van der Waals surface area contributed by atoms with Crippen LogP contribution in [-0.4, -0.2) is 24.0 Å². The molecule has 2 heterocycles. The van der Waals surface area contributed by atoms with Crippen LogP contribution in [-0.2, 0) is 9.59 Å². The van der Waals surface area contributed by atoms with Crippen LogP contribution in [0, 0.1) is 0 Å². The maximum atomic E-state index is 12.8. The van der Waals surface area contributed by atoms with Gasteiger partial charge in [0.1, 0.15) is 17.1 Å². The van der Waals surface area contributed by atoms with Gasteiger partial charge in [0.15, 0.2) is 5.11 Å². The van der Waals surface area contributed by atoms with E-state index in [1.807, 2.05) is 0 Å². The Labute approximate surface area is 149 Å². The van der Waals surface area contributed by atoms with Gasteiger partial charge in [0.2, 0.25) is 0 Å². The van der Waals surface area contributed by atoms with Gasteiger partial charge >= 0.3 is 0 Å². The van der Waals surface area contributed by atoms with Gasteiger partial charge in [0, 0.05) is 0 Å². The Balaban J connectivity index is 1.94. The van der Waals surface area contributed by atoms with Crippen molar-refractivity contribution in [1.29, 1.82) is 0 Å². The van der Waals surface area contributed by atoms with Crippen molar-refractivity contribution < 1.29 is 18.7 Å². The number of anilines is 1. The molecule has 7 heteroatoms. The van der Waals surface area contributed by atoms with Gasteiger partial charge in [-0.15, -0.1) is 0 Å². The second-order valence-corrected chi connectivity index (χ2v) is 5.41. The summed E-state index contributed by atoms with van der Waals surface area (Å²) in [6.07, 6.45) is 6.17. The largest absolute Gasteiger partial charge is 0.495 e. The van der Waals surface area contributed by atoms with Gasteiger partial charge in [-0.05, 0) is 48.6 Å². The Kier molecular flexibility index (Phi) is 4.76. The molecule has 0 unspecified atom stereocenters. The third-order valence-electron chi connectivity index (χ3n) is 3.49. The second kappa shape index (κ2) is 7.14. The number of hydrogen-bond acceptors (Lipinski definition) is 5. The number of para-hydroxylation sites is 2. The van der Waals surface area contributed by atoms with E-state index in [0.29, 0.717) is 17.2 Å². The van der Waals surface area contributed by atoms with Gasteiger partial charge in [0.05, 0.1) is 19.1 Å². The molecule has 1 aromatic heterocycles. The summed E-state index contributed by atoms with van der Waals surface area (Å²) in [6.45, 7) is 0. The van der Waals surface area contributed by atoms with E-state index in [2.05, 4.69) is 5.32 Å².